The Kier molecular flexibility index (Phi) is 4.92. The lowest BCUT2D eigenvalue weighted by Gasteiger charge is -2.28. The van der Waals surface area contributed by atoms with Crippen LogP contribution < -0.4 is 10.9 Å². The summed E-state index contributed by atoms with van der Waals surface area (Å²) >= 11 is 0. The molecule has 0 atom stereocenters. The van der Waals surface area contributed by atoms with Crippen molar-refractivity contribution >= 4 is 11.7 Å². The summed E-state index contributed by atoms with van der Waals surface area (Å²) in [6.07, 6.45) is 0.554. The Morgan fingerprint density at radius 1 is 1.10 bits per heavy atom. The van der Waals surface area contributed by atoms with E-state index in [-0.39, 0.29) is 18.1 Å². The molecule has 6 nitrogen and oxygen atoms in total. The molecule has 2 N–H and O–H groups in total. The molecule has 29 heavy (non-hydrogen) atoms. The number of carbonyl (C=O) groups excluding carboxylic acids is 1. The highest BCUT2D eigenvalue weighted by Crippen LogP contribution is 2.21. The molecule has 2 heterocycles. The SMILES string of the molecule is Cc1cccc(-c2nc3c(c(=O)[nH]2)CN(C(=O)Nc2ccc(C)cc2C)CC3)c1. The monoisotopic (exact) mass is 388 g/mol. The number of benzene rings is 2. The van der Waals surface area contributed by atoms with E-state index < -0.39 is 0 Å². The number of nitrogens with one attached hydrogen (secondary N) is 2. The van der Waals surface area contributed by atoms with Gasteiger partial charge < -0.3 is 15.2 Å². The van der Waals surface area contributed by atoms with Crippen molar-refractivity contribution in [3.63, 3.8) is 0 Å². The topological polar surface area (TPSA) is 78.1 Å². The van der Waals surface area contributed by atoms with Crippen molar-refractivity contribution in [2.45, 2.75) is 33.7 Å². The second-order valence-electron chi connectivity index (χ2n) is 7.63. The van der Waals surface area contributed by atoms with Crippen molar-refractivity contribution in [3.05, 3.63) is 80.8 Å². The molecule has 0 saturated carbocycles. The van der Waals surface area contributed by atoms with Crippen LogP contribution in [0.2, 0.25) is 0 Å². The fourth-order valence-corrected chi connectivity index (χ4v) is 3.68. The van der Waals surface area contributed by atoms with Gasteiger partial charge in [-0.2, -0.15) is 0 Å². The van der Waals surface area contributed by atoms with Crippen molar-refractivity contribution in [2.75, 3.05) is 11.9 Å². The summed E-state index contributed by atoms with van der Waals surface area (Å²) in [6.45, 7) is 6.77. The molecule has 3 aromatic rings. The van der Waals surface area contributed by atoms with E-state index in [2.05, 4.69) is 15.3 Å². The van der Waals surface area contributed by atoms with Gasteiger partial charge >= 0.3 is 6.03 Å². The van der Waals surface area contributed by atoms with E-state index in [1.165, 1.54) is 0 Å². The highest BCUT2D eigenvalue weighted by molar-refractivity contribution is 5.90. The number of nitrogens with zero attached hydrogens (tertiary/aromatic N) is 2. The predicted octanol–water partition coefficient (Wildman–Crippen LogP) is 3.95. The second kappa shape index (κ2) is 7.54. The van der Waals surface area contributed by atoms with E-state index >= 15 is 0 Å². The molecular weight excluding hydrogens is 364 g/mol. The Morgan fingerprint density at radius 3 is 2.66 bits per heavy atom. The number of fused-ring (bicyclic) bond motifs is 1. The summed E-state index contributed by atoms with van der Waals surface area (Å²) in [4.78, 5) is 34.7. The van der Waals surface area contributed by atoms with Gasteiger partial charge in [-0.15, -0.1) is 0 Å². The van der Waals surface area contributed by atoms with Gasteiger partial charge in [0.15, 0.2) is 0 Å². The van der Waals surface area contributed by atoms with Gasteiger partial charge in [0.2, 0.25) is 0 Å². The third kappa shape index (κ3) is 3.92. The fraction of sp³-hybridized carbons (Fsp3) is 0.261. The van der Waals surface area contributed by atoms with Gasteiger partial charge in [0.25, 0.3) is 5.56 Å². The van der Waals surface area contributed by atoms with Crippen LogP contribution in [0.25, 0.3) is 11.4 Å². The maximum absolute atomic E-state index is 12.7. The number of hydrogen-bond donors (Lipinski definition) is 2. The van der Waals surface area contributed by atoms with E-state index in [1.54, 1.807) is 4.90 Å². The molecule has 0 unspecified atom stereocenters. The van der Waals surface area contributed by atoms with Crippen molar-refractivity contribution in [1.29, 1.82) is 0 Å². The van der Waals surface area contributed by atoms with Crippen LogP contribution >= 0.6 is 0 Å². The van der Waals surface area contributed by atoms with Crippen molar-refractivity contribution in [3.8, 4) is 11.4 Å². The number of hydrogen-bond acceptors (Lipinski definition) is 3. The van der Waals surface area contributed by atoms with Gasteiger partial charge in [0.05, 0.1) is 17.8 Å². The standard InChI is InChI=1S/C23H24N4O2/c1-14-5-4-6-17(12-14)21-24-20-9-10-27(13-18(20)22(28)26-21)23(29)25-19-8-7-15(2)11-16(19)3/h4-8,11-12H,9-10,13H2,1-3H3,(H,25,29)(H,24,26,28). The number of amides is 2. The summed E-state index contributed by atoms with van der Waals surface area (Å²) in [6, 6.07) is 13.6. The number of aromatic nitrogens is 2. The van der Waals surface area contributed by atoms with Crippen LogP contribution in [0.1, 0.15) is 27.9 Å². The number of H-pyrrole nitrogens is 1. The molecule has 0 fully saturated rings. The molecule has 0 radical (unpaired) electrons. The first-order chi connectivity index (χ1) is 13.9. The molecule has 0 aliphatic carbocycles. The average Bonchev–Trinajstić information content (AvgIpc) is 2.69. The normalized spacial score (nSPS) is 13.1. The zero-order chi connectivity index (χ0) is 20.5. The summed E-state index contributed by atoms with van der Waals surface area (Å²) < 4.78 is 0. The molecule has 4 rings (SSSR count). The first-order valence-corrected chi connectivity index (χ1v) is 9.73. The Hall–Kier alpha value is -3.41. The summed E-state index contributed by atoms with van der Waals surface area (Å²) in [5, 5.41) is 2.96. The lowest BCUT2D eigenvalue weighted by atomic mass is 10.1. The molecule has 148 valence electrons. The number of aromatic amines is 1. The van der Waals surface area contributed by atoms with Gasteiger partial charge in [-0.3, -0.25) is 4.79 Å². The molecule has 2 aromatic carbocycles. The van der Waals surface area contributed by atoms with E-state index in [0.717, 1.165) is 33.6 Å². The Bertz CT molecular complexity index is 1150. The number of aryl methyl sites for hydroxylation is 3. The zero-order valence-corrected chi connectivity index (χ0v) is 16.9. The van der Waals surface area contributed by atoms with Gasteiger partial charge in [0.1, 0.15) is 5.82 Å². The quantitative estimate of drug-likeness (QED) is 0.698. The maximum Gasteiger partial charge on any atom is 0.322 e. The van der Waals surface area contributed by atoms with Crippen LogP contribution in [0.15, 0.2) is 47.3 Å². The summed E-state index contributed by atoms with van der Waals surface area (Å²) in [5.74, 6) is 0.575. The maximum atomic E-state index is 12.7. The minimum absolute atomic E-state index is 0.185. The van der Waals surface area contributed by atoms with Crippen LogP contribution in [0.4, 0.5) is 10.5 Å². The zero-order valence-electron chi connectivity index (χ0n) is 16.9. The van der Waals surface area contributed by atoms with E-state index in [1.807, 2.05) is 63.2 Å². The molecule has 6 heteroatoms. The first-order valence-electron chi connectivity index (χ1n) is 9.73. The average molecular weight is 388 g/mol. The predicted molar refractivity (Wildman–Crippen MR) is 114 cm³/mol. The highest BCUT2D eigenvalue weighted by Gasteiger charge is 2.25. The van der Waals surface area contributed by atoms with Crippen molar-refractivity contribution < 1.29 is 4.79 Å². The third-order valence-electron chi connectivity index (χ3n) is 5.27. The first kappa shape index (κ1) is 18.9. The number of urea groups is 1. The third-order valence-corrected chi connectivity index (χ3v) is 5.27. The van der Waals surface area contributed by atoms with Gasteiger partial charge in [-0.05, 0) is 38.5 Å². The van der Waals surface area contributed by atoms with Crippen LogP contribution in [0.3, 0.4) is 0 Å². The second-order valence-corrected chi connectivity index (χ2v) is 7.63. The molecule has 0 spiro atoms. The smallest absolute Gasteiger partial charge is 0.320 e. The summed E-state index contributed by atoms with van der Waals surface area (Å²) in [7, 11) is 0. The van der Waals surface area contributed by atoms with Crippen LogP contribution in [0, 0.1) is 20.8 Å². The largest absolute Gasteiger partial charge is 0.322 e. The number of carbonyl (C=O) groups is 1. The van der Waals surface area contributed by atoms with Crippen LogP contribution in [-0.2, 0) is 13.0 Å². The van der Waals surface area contributed by atoms with Crippen LogP contribution in [0.5, 0.6) is 0 Å². The lowest BCUT2D eigenvalue weighted by Crippen LogP contribution is -2.41. The van der Waals surface area contributed by atoms with E-state index in [4.69, 9.17) is 0 Å². The molecule has 1 aromatic heterocycles. The molecule has 0 saturated heterocycles. The molecule has 1 aliphatic heterocycles. The minimum Gasteiger partial charge on any atom is -0.320 e. The Morgan fingerprint density at radius 2 is 1.90 bits per heavy atom. The lowest BCUT2D eigenvalue weighted by molar-refractivity contribution is 0.205. The van der Waals surface area contributed by atoms with Gasteiger partial charge in [0, 0.05) is 24.2 Å². The van der Waals surface area contributed by atoms with E-state index in [9.17, 15) is 9.59 Å². The minimum atomic E-state index is -0.204. The molecule has 0 bridgehead atoms. The van der Waals surface area contributed by atoms with E-state index in [0.29, 0.717) is 24.4 Å². The number of anilines is 1. The summed E-state index contributed by atoms with van der Waals surface area (Å²) in [5.41, 5.74) is 6.08. The Labute approximate surface area is 169 Å². The molecular formula is C23H24N4O2. The molecule has 1 aliphatic rings. The van der Waals surface area contributed by atoms with Crippen LogP contribution in [-0.4, -0.2) is 27.4 Å². The van der Waals surface area contributed by atoms with Gasteiger partial charge in [-0.25, -0.2) is 9.78 Å². The Balaban J connectivity index is 1.55. The highest BCUT2D eigenvalue weighted by atomic mass is 16.2. The van der Waals surface area contributed by atoms with Crippen molar-refractivity contribution in [2.24, 2.45) is 0 Å². The molecule has 2 amide bonds. The number of rotatable bonds is 2. The van der Waals surface area contributed by atoms with Gasteiger partial charge in [-0.1, -0.05) is 41.5 Å². The fourth-order valence-electron chi connectivity index (χ4n) is 3.68. The van der Waals surface area contributed by atoms with Crippen molar-refractivity contribution in [1.82, 2.24) is 14.9 Å².